The van der Waals surface area contributed by atoms with Crippen molar-refractivity contribution in [1.29, 1.82) is 0 Å². The molecule has 0 bridgehead atoms. The molecule has 114 valence electrons. The minimum atomic E-state index is 0. The number of aromatic nitrogens is 2. The van der Waals surface area contributed by atoms with Crippen LogP contribution in [0.25, 0.3) is 0 Å². The number of rotatable bonds is 4. The largest absolute Gasteiger partial charge is 0.485 e. The standard InChI is InChI=1S/C15H19N3O2.ClH/c1-11-9-12(7-8-16-11)15-17-14(18-20-15)10-19-13-5-3-2-4-6-13;/h2-6,11-12,16H,7-10H2,1H3;1H/t11-,12-;/m0./s1. The fourth-order valence-electron chi connectivity index (χ4n) is 2.51. The molecule has 1 fully saturated rings. The summed E-state index contributed by atoms with van der Waals surface area (Å²) in [6.07, 6.45) is 2.09. The quantitative estimate of drug-likeness (QED) is 0.941. The first-order chi connectivity index (χ1) is 9.81. The van der Waals surface area contributed by atoms with Crippen LogP contribution in [-0.2, 0) is 6.61 Å². The summed E-state index contributed by atoms with van der Waals surface area (Å²) in [5, 5.41) is 7.42. The third-order valence-electron chi connectivity index (χ3n) is 3.57. The zero-order valence-electron chi connectivity index (χ0n) is 12.0. The number of para-hydroxylation sites is 1. The number of ether oxygens (including phenoxy) is 1. The van der Waals surface area contributed by atoms with Gasteiger partial charge < -0.3 is 14.6 Å². The number of hydrogen-bond donors (Lipinski definition) is 1. The van der Waals surface area contributed by atoms with Gasteiger partial charge in [0.2, 0.25) is 11.7 Å². The van der Waals surface area contributed by atoms with Crippen LogP contribution in [-0.4, -0.2) is 22.7 Å². The summed E-state index contributed by atoms with van der Waals surface area (Å²) in [4.78, 5) is 4.45. The highest BCUT2D eigenvalue weighted by Gasteiger charge is 2.24. The second kappa shape index (κ2) is 7.43. The molecule has 0 amide bonds. The highest BCUT2D eigenvalue weighted by Crippen LogP contribution is 2.26. The molecule has 1 aromatic heterocycles. The fraction of sp³-hybridized carbons (Fsp3) is 0.467. The average molecular weight is 310 g/mol. The van der Waals surface area contributed by atoms with E-state index in [9.17, 15) is 0 Å². The van der Waals surface area contributed by atoms with Gasteiger partial charge in [0.1, 0.15) is 5.75 Å². The van der Waals surface area contributed by atoms with Crippen molar-refractivity contribution in [1.82, 2.24) is 15.5 Å². The average Bonchev–Trinajstić information content (AvgIpc) is 2.95. The number of hydrogen-bond acceptors (Lipinski definition) is 5. The van der Waals surface area contributed by atoms with E-state index in [1.54, 1.807) is 0 Å². The van der Waals surface area contributed by atoms with Gasteiger partial charge in [0.25, 0.3) is 0 Å². The van der Waals surface area contributed by atoms with Crippen LogP contribution in [0.15, 0.2) is 34.9 Å². The van der Waals surface area contributed by atoms with Crippen LogP contribution < -0.4 is 10.1 Å². The highest BCUT2D eigenvalue weighted by molar-refractivity contribution is 5.85. The summed E-state index contributed by atoms with van der Waals surface area (Å²) in [6, 6.07) is 10.2. The minimum absolute atomic E-state index is 0. The molecule has 2 aromatic rings. The molecule has 1 aliphatic heterocycles. The normalized spacial score (nSPS) is 21.6. The lowest BCUT2D eigenvalue weighted by molar-refractivity contribution is 0.276. The number of nitrogens with one attached hydrogen (secondary N) is 1. The first-order valence-electron chi connectivity index (χ1n) is 7.05. The molecule has 3 rings (SSSR count). The lowest BCUT2D eigenvalue weighted by atomic mass is 9.93. The van der Waals surface area contributed by atoms with Crippen LogP contribution in [0.1, 0.15) is 37.4 Å². The Balaban J connectivity index is 0.00000161. The SMILES string of the molecule is C[C@H]1C[C@@H](c2nc(COc3ccccc3)no2)CCN1.Cl. The smallest absolute Gasteiger partial charge is 0.229 e. The molecule has 1 aliphatic rings. The van der Waals surface area contributed by atoms with Crippen LogP contribution in [0.3, 0.4) is 0 Å². The molecule has 0 unspecified atom stereocenters. The maximum Gasteiger partial charge on any atom is 0.229 e. The Morgan fingerprint density at radius 3 is 2.90 bits per heavy atom. The fourth-order valence-corrected chi connectivity index (χ4v) is 2.51. The van der Waals surface area contributed by atoms with Crippen molar-refractivity contribution in [2.24, 2.45) is 0 Å². The molecular weight excluding hydrogens is 290 g/mol. The van der Waals surface area contributed by atoms with Crippen molar-refractivity contribution >= 4 is 12.4 Å². The summed E-state index contributed by atoms with van der Waals surface area (Å²) < 4.78 is 11.0. The van der Waals surface area contributed by atoms with E-state index in [1.165, 1.54) is 0 Å². The Morgan fingerprint density at radius 2 is 2.14 bits per heavy atom. The molecule has 0 spiro atoms. The molecule has 0 saturated carbocycles. The van der Waals surface area contributed by atoms with Crippen LogP contribution in [0.4, 0.5) is 0 Å². The second-order valence-electron chi connectivity index (χ2n) is 5.23. The van der Waals surface area contributed by atoms with E-state index >= 15 is 0 Å². The predicted molar refractivity (Wildman–Crippen MR) is 81.8 cm³/mol. The molecule has 2 atom stereocenters. The maximum absolute atomic E-state index is 5.62. The molecule has 0 radical (unpaired) electrons. The van der Waals surface area contributed by atoms with Gasteiger partial charge in [-0.1, -0.05) is 23.4 Å². The number of halogens is 1. The van der Waals surface area contributed by atoms with Crippen molar-refractivity contribution in [3.63, 3.8) is 0 Å². The Kier molecular flexibility index (Phi) is 5.59. The van der Waals surface area contributed by atoms with Gasteiger partial charge in [-0.25, -0.2) is 0 Å². The minimum Gasteiger partial charge on any atom is -0.485 e. The summed E-state index contributed by atoms with van der Waals surface area (Å²) >= 11 is 0. The Labute approximate surface area is 130 Å². The van der Waals surface area contributed by atoms with E-state index in [-0.39, 0.29) is 12.4 Å². The Bertz CT molecular complexity index is 547. The molecule has 1 aromatic carbocycles. The molecule has 5 nitrogen and oxygen atoms in total. The number of nitrogens with zero attached hydrogens (tertiary/aromatic N) is 2. The predicted octanol–water partition coefficient (Wildman–Crippen LogP) is 2.93. The highest BCUT2D eigenvalue weighted by atomic mass is 35.5. The summed E-state index contributed by atoms with van der Waals surface area (Å²) in [6.45, 7) is 3.53. The van der Waals surface area contributed by atoms with E-state index in [0.29, 0.717) is 24.4 Å². The summed E-state index contributed by atoms with van der Waals surface area (Å²) in [5.41, 5.74) is 0. The van der Waals surface area contributed by atoms with Crippen LogP contribution in [0, 0.1) is 0 Å². The van der Waals surface area contributed by atoms with E-state index in [4.69, 9.17) is 9.26 Å². The van der Waals surface area contributed by atoms with Crippen molar-refractivity contribution in [3.8, 4) is 5.75 Å². The second-order valence-corrected chi connectivity index (χ2v) is 5.23. The number of benzene rings is 1. The molecular formula is C15H20ClN3O2. The molecule has 1 N–H and O–H groups in total. The summed E-state index contributed by atoms with van der Waals surface area (Å²) in [7, 11) is 0. The van der Waals surface area contributed by atoms with Gasteiger partial charge in [-0.15, -0.1) is 12.4 Å². The van der Waals surface area contributed by atoms with E-state index in [0.717, 1.165) is 31.0 Å². The summed E-state index contributed by atoms with van der Waals surface area (Å²) in [5.74, 6) is 2.53. The maximum atomic E-state index is 5.62. The van der Waals surface area contributed by atoms with Gasteiger partial charge in [0, 0.05) is 12.0 Å². The van der Waals surface area contributed by atoms with Crippen molar-refractivity contribution in [3.05, 3.63) is 42.0 Å². The topological polar surface area (TPSA) is 60.2 Å². The van der Waals surface area contributed by atoms with Crippen LogP contribution >= 0.6 is 12.4 Å². The lowest BCUT2D eigenvalue weighted by Gasteiger charge is -2.25. The molecule has 1 saturated heterocycles. The first kappa shape index (κ1) is 15.8. The van der Waals surface area contributed by atoms with Crippen molar-refractivity contribution in [2.75, 3.05) is 6.54 Å². The zero-order chi connectivity index (χ0) is 13.8. The zero-order valence-corrected chi connectivity index (χ0v) is 12.8. The van der Waals surface area contributed by atoms with Gasteiger partial charge in [0.15, 0.2) is 6.61 Å². The Morgan fingerprint density at radius 1 is 1.33 bits per heavy atom. The van der Waals surface area contributed by atoms with Crippen LogP contribution in [0.5, 0.6) is 5.75 Å². The van der Waals surface area contributed by atoms with Crippen molar-refractivity contribution in [2.45, 2.75) is 38.3 Å². The van der Waals surface area contributed by atoms with Gasteiger partial charge in [-0.3, -0.25) is 0 Å². The third-order valence-corrected chi connectivity index (χ3v) is 3.57. The third kappa shape index (κ3) is 4.19. The van der Waals surface area contributed by atoms with Crippen LogP contribution in [0.2, 0.25) is 0 Å². The Hall–Kier alpha value is -1.59. The van der Waals surface area contributed by atoms with Crippen molar-refractivity contribution < 1.29 is 9.26 Å². The lowest BCUT2D eigenvalue weighted by Crippen LogP contribution is -2.34. The molecule has 6 heteroatoms. The van der Waals surface area contributed by atoms with Gasteiger partial charge in [-0.05, 0) is 38.4 Å². The van der Waals surface area contributed by atoms with Gasteiger partial charge in [0.05, 0.1) is 0 Å². The van der Waals surface area contributed by atoms with E-state index < -0.39 is 0 Å². The van der Waals surface area contributed by atoms with Gasteiger partial charge >= 0.3 is 0 Å². The van der Waals surface area contributed by atoms with E-state index in [1.807, 2.05) is 30.3 Å². The van der Waals surface area contributed by atoms with Gasteiger partial charge in [-0.2, -0.15) is 4.98 Å². The molecule has 2 heterocycles. The molecule has 0 aliphatic carbocycles. The molecule has 21 heavy (non-hydrogen) atoms. The first-order valence-corrected chi connectivity index (χ1v) is 7.05. The van der Waals surface area contributed by atoms with E-state index in [2.05, 4.69) is 22.4 Å². The monoisotopic (exact) mass is 309 g/mol. The number of piperidine rings is 1.